The van der Waals surface area contributed by atoms with Crippen molar-refractivity contribution in [3.63, 3.8) is 0 Å². The molecule has 26 heavy (non-hydrogen) atoms. The molecule has 0 spiro atoms. The Bertz CT molecular complexity index is 864. The molecular weight excluding hydrogens is 394 g/mol. The van der Waals surface area contributed by atoms with Gasteiger partial charge in [-0.25, -0.2) is 0 Å². The summed E-state index contributed by atoms with van der Waals surface area (Å²) in [5.41, 5.74) is 6.12. The molecule has 0 aromatic heterocycles. The molecule has 5 nitrogen and oxygen atoms in total. The zero-order valence-corrected chi connectivity index (χ0v) is 15.7. The van der Waals surface area contributed by atoms with Gasteiger partial charge in [0.15, 0.2) is 0 Å². The Hall–Kier alpha value is -2.47. The van der Waals surface area contributed by atoms with Crippen LogP contribution in [0.1, 0.15) is 46.4 Å². The number of amides is 2. The normalized spacial score (nSPS) is 19.5. The van der Waals surface area contributed by atoms with Crippen molar-refractivity contribution in [1.29, 1.82) is 0 Å². The summed E-state index contributed by atoms with van der Waals surface area (Å²) in [6.45, 7) is 0. The third-order valence-electron chi connectivity index (χ3n) is 4.89. The van der Waals surface area contributed by atoms with Gasteiger partial charge in [-0.1, -0.05) is 34.1 Å². The van der Waals surface area contributed by atoms with Gasteiger partial charge in [-0.05, 0) is 56.0 Å². The van der Waals surface area contributed by atoms with Crippen LogP contribution in [0.2, 0.25) is 0 Å². The van der Waals surface area contributed by atoms with E-state index in [1.54, 1.807) is 24.3 Å². The fourth-order valence-electron chi connectivity index (χ4n) is 3.55. The lowest BCUT2D eigenvalue weighted by Crippen LogP contribution is -2.42. The summed E-state index contributed by atoms with van der Waals surface area (Å²) in [6.07, 6.45) is 3.06. The lowest BCUT2D eigenvalue weighted by molar-refractivity contribution is 0.0565. The molecule has 1 N–H and O–H groups in total. The molecule has 0 atom stereocenters. The van der Waals surface area contributed by atoms with E-state index in [1.807, 2.05) is 24.3 Å². The number of imide groups is 1. The molecule has 1 saturated carbocycles. The highest BCUT2D eigenvalue weighted by Gasteiger charge is 2.40. The summed E-state index contributed by atoms with van der Waals surface area (Å²) in [5.74, 6) is -0.327. The van der Waals surface area contributed by atoms with Crippen molar-refractivity contribution >= 4 is 39.1 Å². The SMILES string of the molecule is O=C1c2ccccc2C(=O)N1C1CCC(=NNc2cccc(Br)c2)CC1. The second-order valence-corrected chi connectivity index (χ2v) is 7.47. The first kappa shape index (κ1) is 17.0. The van der Waals surface area contributed by atoms with Crippen molar-refractivity contribution in [1.82, 2.24) is 4.90 Å². The fourth-order valence-corrected chi connectivity index (χ4v) is 3.95. The van der Waals surface area contributed by atoms with Gasteiger partial charge in [-0.3, -0.25) is 19.9 Å². The van der Waals surface area contributed by atoms with Crippen molar-refractivity contribution in [3.8, 4) is 0 Å². The molecule has 2 aromatic rings. The number of hydrogen-bond donors (Lipinski definition) is 1. The third-order valence-corrected chi connectivity index (χ3v) is 5.38. The van der Waals surface area contributed by atoms with E-state index in [0.29, 0.717) is 11.1 Å². The topological polar surface area (TPSA) is 61.8 Å². The van der Waals surface area contributed by atoms with Crippen LogP contribution in [0.3, 0.4) is 0 Å². The van der Waals surface area contributed by atoms with Gasteiger partial charge in [0.2, 0.25) is 0 Å². The summed E-state index contributed by atoms with van der Waals surface area (Å²) in [4.78, 5) is 26.6. The van der Waals surface area contributed by atoms with E-state index in [4.69, 9.17) is 0 Å². The van der Waals surface area contributed by atoms with Crippen LogP contribution in [0, 0.1) is 0 Å². The lowest BCUT2D eigenvalue weighted by atomic mass is 9.92. The second kappa shape index (κ2) is 7.03. The first-order chi connectivity index (χ1) is 12.6. The van der Waals surface area contributed by atoms with Crippen LogP contribution in [0.25, 0.3) is 0 Å². The standard InChI is InChI=1S/C20H18BrN3O2/c21-13-4-3-5-15(12-13)23-22-14-8-10-16(11-9-14)24-19(25)17-6-1-2-7-18(17)20(24)26/h1-7,12,16,23H,8-11H2. The van der Waals surface area contributed by atoms with Crippen LogP contribution >= 0.6 is 15.9 Å². The van der Waals surface area contributed by atoms with E-state index in [2.05, 4.69) is 26.5 Å². The van der Waals surface area contributed by atoms with Gasteiger partial charge in [-0.2, -0.15) is 5.10 Å². The summed E-state index contributed by atoms with van der Waals surface area (Å²) >= 11 is 3.44. The van der Waals surface area contributed by atoms with Gasteiger partial charge in [0.05, 0.1) is 16.8 Å². The van der Waals surface area contributed by atoms with Crippen LogP contribution in [0.15, 0.2) is 58.1 Å². The highest BCUT2D eigenvalue weighted by Crippen LogP contribution is 2.30. The molecule has 0 radical (unpaired) electrons. The largest absolute Gasteiger partial charge is 0.279 e. The number of halogens is 1. The molecular formula is C20H18BrN3O2. The molecule has 1 aliphatic carbocycles. The van der Waals surface area contributed by atoms with Gasteiger partial charge >= 0.3 is 0 Å². The minimum atomic E-state index is -0.164. The Kier molecular flexibility index (Phi) is 4.59. The van der Waals surface area contributed by atoms with E-state index in [-0.39, 0.29) is 17.9 Å². The van der Waals surface area contributed by atoms with E-state index < -0.39 is 0 Å². The van der Waals surface area contributed by atoms with Crippen molar-refractivity contribution in [2.24, 2.45) is 5.10 Å². The van der Waals surface area contributed by atoms with Crippen molar-refractivity contribution in [2.75, 3.05) is 5.43 Å². The monoisotopic (exact) mass is 411 g/mol. The van der Waals surface area contributed by atoms with Gasteiger partial charge in [0, 0.05) is 16.2 Å². The van der Waals surface area contributed by atoms with Gasteiger partial charge in [-0.15, -0.1) is 0 Å². The second-order valence-electron chi connectivity index (χ2n) is 6.56. The highest BCUT2D eigenvalue weighted by atomic mass is 79.9. The lowest BCUT2D eigenvalue weighted by Gasteiger charge is -2.30. The van der Waals surface area contributed by atoms with Gasteiger partial charge in [0.25, 0.3) is 11.8 Å². The molecule has 0 bridgehead atoms. The van der Waals surface area contributed by atoms with E-state index >= 15 is 0 Å². The zero-order chi connectivity index (χ0) is 18.1. The Labute approximate surface area is 160 Å². The fraction of sp³-hybridized carbons (Fsp3) is 0.250. The van der Waals surface area contributed by atoms with Crippen LogP contribution in [-0.4, -0.2) is 28.5 Å². The average Bonchev–Trinajstić information content (AvgIpc) is 2.92. The molecule has 1 heterocycles. The Morgan fingerprint density at radius 3 is 2.23 bits per heavy atom. The number of benzene rings is 2. The minimum absolute atomic E-state index is 0.0489. The number of hydrogen-bond acceptors (Lipinski definition) is 4. The summed E-state index contributed by atoms with van der Waals surface area (Å²) in [7, 11) is 0. The summed E-state index contributed by atoms with van der Waals surface area (Å²) in [6, 6.07) is 14.8. The van der Waals surface area contributed by atoms with Gasteiger partial charge in [0.1, 0.15) is 0 Å². The number of carbonyl (C=O) groups is 2. The first-order valence-corrected chi connectivity index (χ1v) is 9.47. The zero-order valence-electron chi connectivity index (χ0n) is 14.1. The number of nitrogens with one attached hydrogen (secondary N) is 1. The first-order valence-electron chi connectivity index (χ1n) is 8.67. The Balaban J connectivity index is 1.41. The molecule has 132 valence electrons. The molecule has 2 aliphatic rings. The number of carbonyl (C=O) groups excluding carboxylic acids is 2. The quantitative estimate of drug-likeness (QED) is 0.598. The molecule has 2 amide bonds. The molecule has 0 saturated heterocycles. The summed E-state index contributed by atoms with van der Waals surface area (Å²) < 4.78 is 0.997. The molecule has 1 fully saturated rings. The maximum Gasteiger partial charge on any atom is 0.261 e. The smallest absolute Gasteiger partial charge is 0.261 e. The van der Waals surface area contributed by atoms with Crippen molar-refractivity contribution in [2.45, 2.75) is 31.7 Å². The summed E-state index contributed by atoms with van der Waals surface area (Å²) in [5, 5.41) is 4.49. The van der Waals surface area contributed by atoms with E-state index in [0.717, 1.165) is 41.6 Å². The van der Waals surface area contributed by atoms with Crippen LogP contribution < -0.4 is 5.43 Å². The van der Waals surface area contributed by atoms with Crippen molar-refractivity contribution in [3.05, 3.63) is 64.1 Å². The van der Waals surface area contributed by atoms with Crippen molar-refractivity contribution < 1.29 is 9.59 Å². The predicted octanol–water partition coefficient (Wildman–Crippen LogP) is 4.46. The number of nitrogens with zero attached hydrogens (tertiary/aromatic N) is 2. The molecule has 4 rings (SSSR count). The minimum Gasteiger partial charge on any atom is -0.279 e. The predicted molar refractivity (Wildman–Crippen MR) is 104 cm³/mol. The molecule has 6 heteroatoms. The highest BCUT2D eigenvalue weighted by molar-refractivity contribution is 9.10. The number of hydrazone groups is 1. The van der Waals surface area contributed by atoms with E-state index in [1.165, 1.54) is 4.90 Å². The van der Waals surface area contributed by atoms with Crippen LogP contribution in [0.4, 0.5) is 5.69 Å². The Morgan fingerprint density at radius 1 is 0.962 bits per heavy atom. The van der Waals surface area contributed by atoms with Crippen LogP contribution in [0.5, 0.6) is 0 Å². The molecule has 2 aromatic carbocycles. The third kappa shape index (κ3) is 3.17. The number of anilines is 1. The Morgan fingerprint density at radius 2 is 1.62 bits per heavy atom. The van der Waals surface area contributed by atoms with E-state index in [9.17, 15) is 9.59 Å². The number of rotatable bonds is 3. The van der Waals surface area contributed by atoms with Crippen LogP contribution in [-0.2, 0) is 0 Å². The average molecular weight is 412 g/mol. The van der Waals surface area contributed by atoms with Gasteiger partial charge < -0.3 is 0 Å². The molecule has 1 aliphatic heterocycles. The number of fused-ring (bicyclic) bond motifs is 1. The molecule has 0 unspecified atom stereocenters. The maximum atomic E-state index is 12.6. The maximum absolute atomic E-state index is 12.6.